The Bertz CT molecular complexity index is 340. The monoisotopic (exact) mass is 193 g/mol. The van der Waals surface area contributed by atoms with Gasteiger partial charge in [0, 0.05) is 22.9 Å². The molecule has 0 radical (unpaired) electrons. The highest BCUT2D eigenvalue weighted by molar-refractivity contribution is 7.10. The topological polar surface area (TPSA) is 43.1 Å². The second-order valence-corrected chi connectivity index (χ2v) is 4.29. The summed E-state index contributed by atoms with van der Waals surface area (Å²) in [5.41, 5.74) is 6.38. The average molecular weight is 193 g/mol. The van der Waals surface area contributed by atoms with Crippen LogP contribution in [0, 0.1) is 0 Å². The first-order valence-electron chi connectivity index (χ1n) is 4.28. The Kier molecular flexibility index (Phi) is 2.19. The molecule has 0 amide bonds. The Hall–Kier alpha value is -1.09. The predicted octanol–water partition coefficient (Wildman–Crippen LogP) is 2.04. The predicted molar refractivity (Wildman–Crippen MR) is 53.6 cm³/mol. The molecule has 2 nitrogen and oxygen atoms in total. The van der Waals surface area contributed by atoms with Gasteiger partial charge in [-0.2, -0.15) is 0 Å². The van der Waals surface area contributed by atoms with Crippen LogP contribution in [0.25, 0.3) is 0 Å². The second kappa shape index (κ2) is 3.34. The molecule has 3 heteroatoms. The van der Waals surface area contributed by atoms with Gasteiger partial charge in [0.1, 0.15) is 0 Å². The summed E-state index contributed by atoms with van der Waals surface area (Å²) < 4.78 is 0. The number of hydrogen-bond donors (Lipinski definition) is 1. The van der Waals surface area contributed by atoms with E-state index in [0.717, 1.165) is 12.1 Å². The van der Waals surface area contributed by atoms with Crippen LogP contribution in [0.1, 0.15) is 23.6 Å². The fourth-order valence-corrected chi connectivity index (χ4v) is 2.48. The van der Waals surface area contributed by atoms with Crippen LogP contribution < -0.4 is 5.73 Å². The smallest absolute Gasteiger partial charge is 0.158 e. The second-order valence-electron chi connectivity index (χ2n) is 3.31. The zero-order valence-electron chi connectivity index (χ0n) is 7.19. The number of carbonyl (C=O) groups excluding carboxylic acids is 1. The van der Waals surface area contributed by atoms with E-state index in [1.807, 2.05) is 11.4 Å². The molecule has 1 heterocycles. The van der Waals surface area contributed by atoms with E-state index in [9.17, 15) is 4.79 Å². The molecule has 0 aromatic carbocycles. The van der Waals surface area contributed by atoms with Gasteiger partial charge in [0.05, 0.1) is 0 Å². The molecule has 68 valence electrons. The fourth-order valence-electron chi connectivity index (χ4n) is 1.65. The van der Waals surface area contributed by atoms with Gasteiger partial charge < -0.3 is 5.73 Å². The van der Waals surface area contributed by atoms with Gasteiger partial charge in [-0.15, -0.1) is 11.3 Å². The van der Waals surface area contributed by atoms with Crippen LogP contribution in [0.15, 0.2) is 29.3 Å². The molecule has 2 rings (SSSR count). The lowest BCUT2D eigenvalue weighted by Crippen LogP contribution is -2.15. The fraction of sp³-hybridized carbons (Fsp3) is 0.300. The first kappa shape index (κ1) is 8.51. The lowest BCUT2D eigenvalue weighted by Gasteiger charge is -2.18. The maximum absolute atomic E-state index is 11.2. The molecule has 13 heavy (non-hydrogen) atoms. The first-order chi connectivity index (χ1) is 6.25. The third-order valence-electron chi connectivity index (χ3n) is 2.22. The zero-order chi connectivity index (χ0) is 9.26. The van der Waals surface area contributed by atoms with Gasteiger partial charge in [-0.25, -0.2) is 0 Å². The highest BCUT2D eigenvalue weighted by atomic mass is 32.1. The molecule has 0 aliphatic heterocycles. The van der Waals surface area contributed by atoms with Gasteiger partial charge in [0.25, 0.3) is 0 Å². The largest absolute Gasteiger partial charge is 0.402 e. The summed E-state index contributed by atoms with van der Waals surface area (Å²) in [6.45, 7) is 0. The van der Waals surface area contributed by atoms with Crippen molar-refractivity contribution >= 4 is 17.1 Å². The maximum atomic E-state index is 11.2. The molecule has 0 fully saturated rings. The summed E-state index contributed by atoms with van der Waals surface area (Å²) in [6.07, 6.45) is 3.00. The van der Waals surface area contributed by atoms with Crippen LogP contribution in [0.3, 0.4) is 0 Å². The molecular formula is C10H11NOS. The number of ketones is 1. The average Bonchev–Trinajstić information content (AvgIpc) is 2.53. The Labute approximate surface area is 81.1 Å². The van der Waals surface area contributed by atoms with Crippen molar-refractivity contribution < 1.29 is 4.79 Å². The third-order valence-corrected chi connectivity index (χ3v) is 3.26. The van der Waals surface area contributed by atoms with Crippen molar-refractivity contribution in [2.24, 2.45) is 5.73 Å². The van der Waals surface area contributed by atoms with Crippen molar-refractivity contribution in [2.75, 3.05) is 0 Å². The van der Waals surface area contributed by atoms with E-state index in [4.69, 9.17) is 5.73 Å². The summed E-state index contributed by atoms with van der Waals surface area (Å²) in [4.78, 5) is 12.5. The minimum Gasteiger partial charge on any atom is -0.402 e. The van der Waals surface area contributed by atoms with Crippen LogP contribution >= 0.6 is 11.3 Å². The van der Waals surface area contributed by atoms with E-state index in [-0.39, 0.29) is 5.78 Å². The summed E-state index contributed by atoms with van der Waals surface area (Å²) in [5.74, 6) is 0.472. The normalized spacial score (nSPS) is 22.9. The van der Waals surface area contributed by atoms with Gasteiger partial charge in [0.15, 0.2) is 5.78 Å². The number of allylic oxidation sites excluding steroid dienone is 2. The van der Waals surface area contributed by atoms with Crippen molar-refractivity contribution in [3.63, 3.8) is 0 Å². The minimum atomic E-state index is 0.155. The molecule has 0 unspecified atom stereocenters. The van der Waals surface area contributed by atoms with E-state index < -0.39 is 0 Å². The van der Waals surface area contributed by atoms with Gasteiger partial charge in [0.2, 0.25) is 0 Å². The lowest BCUT2D eigenvalue weighted by molar-refractivity contribution is -0.115. The lowest BCUT2D eigenvalue weighted by atomic mass is 9.90. The Morgan fingerprint density at radius 3 is 2.92 bits per heavy atom. The Balaban J connectivity index is 2.20. The third kappa shape index (κ3) is 1.80. The standard InChI is InChI=1S/C10H11NOS/c11-8-4-7(5-9(12)6-8)10-2-1-3-13-10/h1-3,6-7H,4-5,11H2/t7-/m0/s1. The number of thiophene rings is 1. The van der Waals surface area contributed by atoms with Crippen LogP contribution in [0.5, 0.6) is 0 Å². The van der Waals surface area contributed by atoms with Crippen molar-refractivity contribution in [2.45, 2.75) is 18.8 Å². The number of hydrogen-bond acceptors (Lipinski definition) is 3. The highest BCUT2D eigenvalue weighted by Gasteiger charge is 2.21. The van der Waals surface area contributed by atoms with Crippen LogP contribution in [0.4, 0.5) is 0 Å². The zero-order valence-corrected chi connectivity index (χ0v) is 8.01. The van der Waals surface area contributed by atoms with E-state index in [1.54, 1.807) is 17.4 Å². The molecule has 0 saturated heterocycles. The number of carbonyl (C=O) groups is 1. The molecule has 1 atom stereocenters. The van der Waals surface area contributed by atoms with E-state index in [1.165, 1.54) is 4.88 Å². The molecule has 1 aliphatic carbocycles. The van der Waals surface area contributed by atoms with E-state index in [2.05, 4.69) is 6.07 Å². The molecule has 1 aliphatic rings. The first-order valence-corrected chi connectivity index (χ1v) is 5.16. The Morgan fingerprint density at radius 1 is 1.46 bits per heavy atom. The van der Waals surface area contributed by atoms with Crippen LogP contribution in [0.2, 0.25) is 0 Å². The van der Waals surface area contributed by atoms with E-state index >= 15 is 0 Å². The number of nitrogens with two attached hydrogens (primary N) is 1. The molecule has 2 N–H and O–H groups in total. The summed E-state index contributed by atoms with van der Waals surface area (Å²) >= 11 is 1.70. The van der Waals surface area contributed by atoms with Crippen molar-refractivity contribution in [1.82, 2.24) is 0 Å². The van der Waals surface area contributed by atoms with Crippen molar-refractivity contribution in [3.05, 3.63) is 34.2 Å². The molecule has 1 aromatic rings. The molecule has 0 spiro atoms. The highest BCUT2D eigenvalue weighted by Crippen LogP contribution is 2.32. The van der Waals surface area contributed by atoms with Gasteiger partial charge in [-0.05, 0) is 23.9 Å². The van der Waals surface area contributed by atoms with E-state index in [0.29, 0.717) is 12.3 Å². The Morgan fingerprint density at radius 2 is 2.31 bits per heavy atom. The van der Waals surface area contributed by atoms with Crippen molar-refractivity contribution in [1.29, 1.82) is 0 Å². The van der Waals surface area contributed by atoms with Gasteiger partial charge in [-0.1, -0.05) is 6.07 Å². The molecule has 1 aromatic heterocycles. The molecule has 0 bridgehead atoms. The molecular weight excluding hydrogens is 182 g/mol. The summed E-state index contributed by atoms with van der Waals surface area (Å²) in [6, 6.07) is 4.08. The SMILES string of the molecule is NC1=CC(=O)C[C@@H](c2cccs2)C1. The molecule has 0 saturated carbocycles. The van der Waals surface area contributed by atoms with Crippen LogP contribution in [-0.4, -0.2) is 5.78 Å². The van der Waals surface area contributed by atoms with Crippen molar-refractivity contribution in [3.8, 4) is 0 Å². The quantitative estimate of drug-likeness (QED) is 0.741. The van der Waals surface area contributed by atoms with Gasteiger partial charge >= 0.3 is 0 Å². The summed E-state index contributed by atoms with van der Waals surface area (Å²) in [7, 11) is 0. The minimum absolute atomic E-state index is 0.155. The van der Waals surface area contributed by atoms with Gasteiger partial charge in [-0.3, -0.25) is 4.79 Å². The van der Waals surface area contributed by atoms with Crippen LogP contribution in [-0.2, 0) is 4.79 Å². The maximum Gasteiger partial charge on any atom is 0.158 e. The number of rotatable bonds is 1. The summed E-state index contributed by atoms with van der Waals surface area (Å²) in [5, 5.41) is 2.04.